The highest BCUT2D eigenvalue weighted by molar-refractivity contribution is 5.81. The van der Waals surface area contributed by atoms with Crippen molar-refractivity contribution >= 4 is 5.78 Å². The third kappa shape index (κ3) is 4.33. The summed E-state index contributed by atoms with van der Waals surface area (Å²) >= 11 is 0. The van der Waals surface area contributed by atoms with Gasteiger partial charge in [-0.05, 0) is 38.5 Å². The first kappa shape index (κ1) is 12.7. The van der Waals surface area contributed by atoms with E-state index in [1.807, 2.05) is 6.92 Å². The monoisotopic (exact) mass is 212 g/mol. The van der Waals surface area contributed by atoms with Gasteiger partial charge in [0.15, 0.2) is 0 Å². The van der Waals surface area contributed by atoms with Crippen molar-refractivity contribution in [3.63, 3.8) is 0 Å². The van der Waals surface area contributed by atoms with Gasteiger partial charge in [0, 0.05) is 18.9 Å². The van der Waals surface area contributed by atoms with Gasteiger partial charge < -0.3 is 4.74 Å². The zero-order chi connectivity index (χ0) is 11.1. The largest absolute Gasteiger partial charge is 0.381 e. The van der Waals surface area contributed by atoms with E-state index in [0.717, 1.165) is 25.4 Å². The Balaban J connectivity index is 2.18. The third-order valence-electron chi connectivity index (χ3n) is 3.58. The number of hydrogen-bond acceptors (Lipinski definition) is 2. The highest BCUT2D eigenvalue weighted by atomic mass is 16.5. The molecule has 0 spiro atoms. The normalized spacial score (nSPS) is 26.5. The van der Waals surface area contributed by atoms with Crippen LogP contribution in [0, 0.1) is 11.8 Å². The van der Waals surface area contributed by atoms with Crippen LogP contribution in [-0.4, -0.2) is 19.0 Å². The van der Waals surface area contributed by atoms with Crippen LogP contribution >= 0.6 is 0 Å². The summed E-state index contributed by atoms with van der Waals surface area (Å²) in [4.78, 5) is 11.8. The minimum Gasteiger partial charge on any atom is -0.381 e. The first-order valence-corrected chi connectivity index (χ1v) is 6.38. The summed E-state index contributed by atoms with van der Waals surface area (Å²) in [5, 5.41) is 0. The molecular formula is C13H24O2. The Bertz CT molecular complexity index is 181. The van der Waals surface area contributed by atoms with Gasteiger partial charge in [0.2, 0.25) is 0 Å². The van der Waals surface area contributed by atoms with Crippen LogP contribution in [0.25, 0.3) is 0 Å². The second-order valence-electron chi connectivity index (χ2n) is 4.54. The van der Waals surface area contributed by atoms with E-state index in [0.29, 0.717) is 24.7 Å². The molecule has 0 aromatic carbocycles. The molecule has 2 nitrogen and oxygen atoms in total. The van der Waals surface area contributed by atoms with E-state index in [9.17, 15) is 4.79 Å². The van der Waals surface area contributed by atoms with Gasteiger partial charge in [-0.15, -0.1) is 0 Å². The summed E-state index contributed by atoms with van der Waals surface area (Å²) in [5.74, 6) is 1.65. The lowest BCUT2D eigenvalue weighted by molar-refractivity contribution is -0.125. The fraction of sp³-hybridized carbons (Fsp3) is 0.923. The van der Waals surface area contributed by atoms with Gasteiger partial charge in [0.25, 0.3) is 0 Å². The molecule has 0 bridgehead atoms. The quantitative estimate of drug-likeness (QED) is 0.632. The maximum atomic E-state index is 11.8. The molecule has 0 N–H and O–H groups in total. The van der Waals surface area contributed by atoms with Crippen molar-refractivity contribution in [3.8, 4) is 0 Å². The van der Waals surface area contributed by atoms with Gasteiger partial charge in [-0.3, -0.25) is 4.79 Å². The van der Waals surface area contributed by atoms with Crippen molar-refractivity contribution in [2.24, 2.45) is 11.8 Å². The van der Waals surface area contributed by atoms with E-state index in [1.165, 1.54) is 19.3 Å². The highest BCUT2D eigenvalue weighted by Crippen LogP contribution is 2.31. The molecular weight excluding hydrogens is 188 g/mol. The molecule has 15 heavy (non-hydrogen) atoms. The number of hydrogen-bond donors (Lipinski definition) is 0. The van der Waals surface area contributed by atoms with Gasteiger partial charge in [-0.25, -0.2) is 0 Å². The first-order valence-electron chi connectivity index (χ1n) is 6.38. The van der Waals surface area contributed by atoms with Gasteiger partial charge >= 0.3 is 0 Å². The highest BCUT2D eigenvalue weighted by Gasteiger charge is 2.24. The van der Waals surface area contributed by atoms with Crippen LogP contribution in [0.4, 0.5) is 0 Å². The molecule has 88 valence electrons. The predicted octanol–water partition coefficient (Wildman–Crippen LogP) is 3.20. The van der Waals surface area contributed by atoms with Gasteiger partial charge in [-0.2, -0.15) is 0 Å². The molecule has 1 rings (SSSR count). The Hall–Kier alpha value is -0.370. The molecule has 1 saturated carbocycles. The van der Waals surface area contributed by atoms with Crippen molar-refractivity contribution in [1.82, 2.24) is 0 Å². The van der Waals surface area contributed by atoms with Gasteiger partial charge in [0.05, 0.1) is 6.61 Å². The van der Waals surface area contributed by atoms with E-state index in [2.05, 4.69) is 6.92 Å². The standard InChI is InChI=1S/C13H24O2/c1-3-11-5-7-12(8-6-11)13(14)9-10-15-4-2/h11-12H,3-10H2,1-2H3. The fourth-order valence-electron chi connectivity index (χ4n) is 2.41. The summed E-state index contributed by atoms with van der Waals surface area (Å²) in [6.07, 6.45) is 6.63. The number of Topliss-reactive ketones (excluding diaryl/α,β-unsaturated/α-hetero) is 1. The van der Waals surface area contributed by atoms with Gasteiger partial charge in [-0.1, -0.05) is 13.3 Å². The molecule has 0 saturated heterocycles. The second kappa shape index (κ2) is 7.00. The van der Waals surface area contributed by atoms with Crippen LogP contribution in [-0.2, 0) is 9.53 Å². The maximum absolute atomic E-state index is 11.8. The van der Waals surface area contributed by atoms with Crippen LogP contribution in [0.3, 0.4) is 0 Å². The average Bonchev–Trinajstić information content (AvgIpc) is 2.29. The number of carbonyl (C=O) groups excluding carboxylic acids is 1. The number of rotatable bonds is 6. The van der Waals surface area contributed by atoms with Crippen LogP contribution in [0.2, 0.25) is 0 Å². The SMILES string of the molecule is CCOCCC(=O)C1CCC(CC)CC1. The smallest absolute Gasteiger partial charge is 0.138 e. The summed E-state index contributed by atoms with van der Waals surface area (Å²) in [5.41, 5.74) is 0. The summed E-state index contributed by atoms with van der Waals surface area (Å²) in [6.45, 7) is 5.55. The van der Waals surface area contributed by atoms with Crippen LogP contribution in [0.15, 0.2) is 0 Å². The molecule has 0 amide bonds. The summed E-state index contributed by atoms with van der Waals surface area (Å²) in [6, 6.07) is 0. The van der Waals surface area contributed by atoms with Crippen molar-refractivity contribution in [1.29, 1.82) is 0 Å². The van der Waals surface area contributed by atoms with Crippen LogP contribution in [0.5, 0.6) is 0 Å². The minimum atomic E-state index is 0.341. The number of ether oxygens (including phenoxy) is 1. The molecule has 2 heteroatoms. The lowest BCUT2D eigenvalue weighted by atomic mass is 9.78. The van der Waals surface area contributed by atoms with Crippen molar-refractivity contribution in [2.45, 2.75) is 52.4 Å². The van der Waals surface area contributed by atoms with E-state index < -0.39 is 0 Å². The molecule has 0 aliphatic heterocycles. The Kier molecular flexibility index (Phi) is 5.92. The molecule has 0 unspecified atom stereocenters. The van der Waals surface area contributed by atoms with E-state index >= 15 is 0 Å². The van der Waals surface area contributed by atoms with E-state index in [1.54, 1.807) is 0 Å². The summed E-state index contributed by atoms with van der Waals surface area (Å²) < 4.78 is 5.22. The van der Waals surface area contributed by atoms with E-state index in [4.69, 9.17) is 4.74 Å². The predicted molar refractivity (Wildman–Crippen MR) is 61.9 cm³/mol. The lowest BCUT2D eigenvalue weighted by Gasteiger charge is -2.26. The molecule has 0 radical (unpaired) electrons. The Morgan fingerprint density at radius 1 is 1.20 bits per heavy atom. The Labute approximate surface area is 93.4 Å². The van der Waals surface area contributed by atoms with Crippen LogP contribution in [0.1, 0.15) is 52.4 Å². The Morgan fingerprint density at radius 2 is 1.87 bits per heavy atom. The zero-order valence-electron chi connectivity index (χ0n) is 10.1. The van der Waals surface area contributed by atoms with Gasteiger partial charge in [0.1, 0.15) is 5.78 Å². The second-order valence-corrected chi connectivity index (χ2v) is 4.54. The molecule has 0 aromatic rings. The lowest BCUT2D eigenvalue weighted by Crippen LogP contribution is -2.22. The molecule has 1 fully saturated rings. The van der Waals surface area contributed by atoms with Crippen molar-refractivity contribution < 1.29 is 9.53 Å². The molecule has 0 heterocycles. The summed E-state index contributed by atoms with van der Waals surface area (Å²) in [7, 11) is 0. The minimum absolute atomic E-state index is 0.341. The Morgan fingerprint density at radius 3 is 2.40 bits per heavy atom. The van der Waals surface area contributed by atoms with Crippen molar-refractivity contribution in [3.05, 3.63) is 0 Å². The number of ketones is 1. The molecule has 0 aromatic heterocycles. The van der Waals surface area contributed by atoms with Crippen molar-refractivity contribution in [2.75, 3.05) is 13.2 Å². The maximum Gasteiger partial charge on any atom is 0.138 e. The topological polar surface area (TPSA) is 26.3 Å². The number of carbonyl (C=O) groups is 1. The third-order valence-corrected chi connectivity index (χ3v) is 3.58. The average molecular weight is 212 g/mol. The first-order chi connectivity index (χ1) is 7.27. The fourth-order valence-corrected chi connectivity index (χ4v) is 2.41. The molecule has 1 aliphatic carbocycles. The molecule has 0 atom stereocenters. The van der Waals surface area contributed by atoms with Crippen LogP contribution < -0.4 is 0 Å². The van der Waals surface area contributed by atoms with E-state index in [-0.39, 0.29) is 0 Å². The molecule has 1 aliphatic rings. The zero-order valence-corrected chi connectivity index (χ0v) is 10.1.